The summed E-state index contributed by atoms with van der Waals surface area (Å²) in [5.41, 5.74) is 5.62. The summed E-state index contributed by atoms with van der Waals surface area (Å²) >= 11 is 0. The molecule has 1 amide bonds. The molecule has 106 valence electrons. The largest absolute Gasteiger partial charge is 0.340 e. The minimum Gasteiger partial charge on any atom is -0.340 e. The van der Waals surface area contributed by atoms with E-state index in [-0.39, 0.29) is 17.7 Å². The monoisotopic (exact) mass is 277 g/mol. The molecule has 1 aliphatic heterocycles. The van der Waals surface area contributed by atoms with Crippen molar-refractivity contribution in [2.75, 3.05) is 39.0 Å². The van der Waals surface area contributed by atoms with Crippen molar-refractivity contribution < 1.29 is 13.2 Å². The summed E-state index contributed by atoms with van der Waals surface area (Å²) in [7, 11) is -3.15. The summed E-state index contributed by atoms with van der Waals surface area (Å²) in [6.45, 7) is 5.94. The zero-order valence-electron chi connectivity index (χ0n) is 11.3. The van der Waals surface area contributed by atoms with Crippen LogP contribution in [0.4, 0.5) is 0 Å². The van der Waals surface area contributed by atoms with Crippen molar-refractivity contribution in [3.05, 3.63) is 0 Å². The molecule has 6 nitrogen and oxygen atoms in total. The topological polar surface area (TPSA) is 83.7 Å². The van der Waals surface area contributed by atoms with Crippen LogP contribution < -0.4 is 5.73 Å². The third-order valence-electron chi connectivity index (χ3n) is 3.40. The third kappa shape index (κ3) is 3.66. The number of hydrogen-bond donors (Lipinski definition) is 1. The fourth-order valence-electron chi connectivity index (χ4n) is 2.13. The van der Waals surface area contributed by atoms with Gasteiger partial charge in [0.2, 0.25) is 15.9 Å². The molecule has 18 heavy (non-hydrogen) atoms. The summed E-state index contributed by atoms with van der Waals surface area (Å²) in [5.74, 6) is 0.0749. The molecule has 2 N–H and O–H groups in total. The zero-order chi connectivity index (χ0) is 13.9. The van der Waals surface area contributed by atoms with Crippen LogP contribution >= 0.6 is 0 Å². The summed E-state index contributed by atoms with van der Waals surface area (Å²) in [6, 6.07) is 0. The van der Waals surface area contributed by atoms with Crippen LogP contribution in [-0.2, 0) is 14.8 Å². The first-order valence-corrected chi connectivity index (χ1v) is 8.06. The van der Waals surface area contributed by atoms with Crippen LogP contribution in [0.5, 0.6) is 0 Å². The second-order valence-corrected chi connectivity index (χ2v) is 7.06. The SMILES string of the molecule is CC(C)C(CN)C(=O)N1CCN(S(C)(=O)=O)CC1. The van der Waals surface area contributed by atoms with Crippen molar-refractivity contribution >= 4 is 15.9 Å². The van der Waals surface area contributed by atoms with Gasteiger partial charge in [-0.1, -0.05) is 13.8 Å². The number of piperazine rings is 1. The standard InChI is InChI=1S/C11H23N3O3S/c1-9(2)10(8-12)11(15)13-4-6-14(7-5-13)18(3,16)17/h9-10H,4-8,12H2,1-3H3. The summed E-state index contributed by atoms with van der Waals surface area (Å²) in [4.78, 5) is 13.9. The normalized spacial score (nSPS) is 20.2. The molecular formula is C11H23N3O3S. The van der Waals surface area contributed by atoms with Gasteiger partial charge in [-0.3, -0.25) is 4.79 Å². The maximum Gasteiger partial charge on any atom is 0.227 e. The molecule has 0 aromatic heterocycles. The number of rotatable bonds is 4. The van der Waals surface area contributed by atoms with Crippen LogP contribution in [-0.4, -0.2) is 62.5 Å². The molecule has 7 heteroatoms. The molecular weight excluding hydrogens is 254 g/mol. The van der Waals surface area contributed by atoms with Crippen molar-refractivity contribution in [2.45, 2.75) is 13.8 Å². The Balaban J connectivity index is 2.60. The summed E-state index contributed by atoms with van der Waals surface area (Å²) in [5, 5.41) is 0. The van der Waals surface area contributed by atoms with E-state index in [1.807, 2.05) is 13.8 Å². The Kier molecular flexibility index (Phi) is 5.12. The predicted molar refractivity (Wildman–Crippen MR) is 70.4 cm³/mol. The maximum absolute atomic E-state index is 12.2. The second-order valence-electron chi connectivity index (χ2n) is 5.07. The molecule has 0 bridgehead atoms. The molecule has 1 atom stereocenters. The second kappa shape index (κ2) is 5.99. The fraction of sp³-hybridized carbons (Fsp3) is 0.909. The van der Waals surface area contributed by atoms with Gasteiger partial charge in [-0.2, -0.15) is 4.31 Å². The minimum atomic E-state index is -3.15. The lowest BCUT2D eigenvalue weighted by Crippen LogP contribution is -2.53. The molecule has 1 saturated heterocycles. The molecule has 0 radical (unpaired) electrons. The first-order chi connectivity index (χ1) is 8.27. The van der Waals surface area contributed by atoms with Gasteiger partial charge in [0.25, 0.3) is 0 Å². The van der Waals surface area contributed by atoms with Crippen LogP contribution in [0.2, 0.25) is 0 Å². The van der Waals surface area contributed by atoms with E-state index in [1.54, 1.807) is 4.90 Å². The average Bonchev–Trinajstić information content (AvgIpc) is 2.28. The maximum atomic E-state index is 12.2. The van der Waals surface area contributed by atoms with Gasteiger partial charge >= 0.3 is 0 Å². The van der Waals surface area contributed by atoms with Crippen molar-refractivity contribution in [1.82, 2.24) is 9.21 Å². The number of carbonyl (C=O) groups excluding carboxylic acids is 1. The Morgan fingerprint density at radius 2 is 1.72 bits per heavy atom. The van der Waals surface area contributed by atoms with Crippen LogP contribution in [0, 0.1) is 11.8 Å². The molecule has 1 aliphatic rings. The molecule has 1 heterocycles. The number of hydrogen-bond acceptors (Lipinski definition) is 4. The van der Waals surface area contributed by atoms with Crippen molar-refractivity contribution in [2.24, 2.45) is 17.6 Å². The molecule has 1 rings (SSSR count). The Morgan fingerprint density at radius 1 is 1.22 bits per heavy atom. The van der Waals surface area contributed by atoms with Crippen molar-refractivity contribution in [1.29, 1.82) is 0 Å². The van der Waals surface area contributed by atoms with E-state index in [4.69, 9.17) is 5.73 Å². The van der Waals surface area contributed by atoms with E-state index in [0.29, 0.717) is 32.7 Å². The molecule has 0 aliphatic carbocycles. The third-order valence-corrected chi connectivity index (χ3v) is 4.70. The van der Waals surface area contributed by atoms with E-state index in [1.165, 1.54) is 10.6 Å². The average molecular weight is 277 g/mol. The van der Waals surface area contributed by atoms with E-state index in [0.717, 1.165) is 0 Å². The lowest BCUT2D eigenvalue weighted by atomic mass is 9.94. The van der Waals surface area contributed by atoms with Crippen molar-refractivity contribution in [3.63, 3.8) is 0 Å². The molecule has 0 spiro atoms. The molecule has 1 fully saturated rings. The van der Waals surface area contributed by atoms with Crippen LogP contribution in [0.15, 0.2) is 0 Å². The smallest absolute Gasteiger partial charge is 0.227 e. The predicted octanol–water partition coefficient (Wildman–Crippen LogP) is -0.679. The lowest BCUT2D eigenvalue weighted by molar-refractivity contribution is -0.137. The Hall–Kier alpha value is -0.660. The Bertz CT molecular complexity index is 386. The van der Waals surface area contributed by atoms with Gasteiger partial charge in [-0.15, -0.1) is 0 Å². The fourth-order valence-corrected chi connectivity index (χ4v) is 2.96. The lowest BCUT2D eigenvalue weighted by Gasteiger charge is -2.35. The van der Waals surface area contributed by atoms with Gasteiger partial charge in [0.05, 0.1) is 12.2 Å². The highest BCUT2D eigenvalue weighted by Gasteiger charge is 2.30. The number of nitrogens with two attached hydrogens (primary N) is 1. The summed E-state index contributed by atoms with van der Waals surface area (Å²) in [6.07, 6.45) is 1.20. The first kappa shape index (κ1) is 15.4. The zero-order valence-corrected chi connectivity index (χ0v) is 12.1. The minimum absolute atomic E-state index is 0.0423. The number of amides is 1. The Morgan fingerprint density at radius 3 is 2.06 bits per heavy atom. The van der Waals surface area contributed by atoms with Gasteiger partial charge < -0.3 is 10.6 Å². The van der Waals surface area contributed by atoms with Gasteiger partial charge in [0.1, 0.15) is 0 Å². The highest BCUT2D eigenvalue weighted by atomic mass is 32.2. The van der Waals surface area contributed by atoms with Crippen LogP contribution in [0.3, 0.4) is 0 Å². The number of sulfonamides is 1. The van der Waals surface area contributed by atoms with Gasteiger partial charge in [0, 0.05) is 32.7 Å². The quantitative estimate of drug-likeness (QED) is 0.738. The van der Waals surface area contributed by atoms with Gasteiger partial charge in [-0.25, -0.2) is 8.42 Å². The molecule has 0 aromatic rings. The molecule has 0 aromatic carbocycles. The van der Waals surface area contributed by atoms with E-state index >= 15 is 0 Å². The van der Waals surface area contributed by atoms with Crippen molar-refractivity contribution in [3.8, 4) is 0 Å². The van der Waals surface area contributed by atoms with E-state index in [9.17, 15) is 13.2 Å². The summed E-state index contributed by atoms with van der Waals surface area (Å²) < 4.78 is 24.1. The van der Waals surface area contributed by atoms with Crippen LogP contribution in [0.25, 0.3) is 0 Å². The number of nitrogens with zero attached hydrogens (tertiary/aromatic N) is 2. The van der Waals surface area contributed by atoms with Gasteiger partial charge in [0.15, 0.2) is 0 Å². The van der Waals surface area contributed by atoms with E-state index < -0.39 is 10.0 Å². The van der Waals surface area contributed by atoms with Crippen LogP contribution in [0.1, 0.15) is 13.8 Å². The number of carbonyl (C=O) groups is 1. The molecule has 0 saturated carbocycles. The van der Waals surface area contributed by atoms with Gasteiger partial charge in [-0.05, 0) is 5.92 Å². The highest BCUT2D eigenvalue weighted by Crippen LogP contribution is 2.15. The highest BCUT2D eigenvalue weighted by molar-refractivity contribution is 7.88. The first-order valence-electron chi connectivity index (χ1n) is 6.21. The Labute approximate surface area is 109 Å². The molecule has 1 unspecified atom stereocenters. The van der Waals surface area contributed by atoms with E-state index in [2.05, 4.69) is 0 Å².